The van der Waals surface area contributed by atoms with Crippen LogP contribution in [0.5, 0.6) is 11.5 Å². The van der Waals surface area contributed by atoms with Crippen LogP contribution in [0.15, 0.2) is 79.0 Å². The zero-order valence-corrected chi connectivity index (χ0v) is 22.4. The van der Waals surface area contributed by atoms with E-state index in [4.69, 9.17) is 9.47 Å². The zero-order chi connectivity index (χ0) is 26.3. The first-order valence-electron chi connectivity index (χ1n) is 13.5. The molecule has 38 heavy (non-hydrogen) atoms. The molecule has 5 rings (SSSR count). The van der Waals surface area contributed by atoms with Crippen LogP contribution < -0.4 is 14.8 Å². The lowest BCUT2D eigenvalue weighted by molar-refractivity contribution is -0.121. The van der Waals surface area contributed by atoms with Crippen molar-refractivity contribution in [2.75, 3.05) is 40.4 Å². The third-order valence-electron chi connectivity index (χ3n) is 7.51. The van der Waals surface area contributed by atoms with Crippen molar-refractivity contribution in [2.45, 2.75) is 31.7 Å². The number of fused-ring (bicyclic) bond motifs is 1. The monoisotopic (exact) mass is 511 g/mol. The van der Waals surface area contributed by atoms with Crippen LogP contribution >= 0.6 is 0 Å². The van der Waals surface area contributed by atoms with E-state index in [1.54, 1.807) is 14.2 Å². The molecule has 1 unspecified atom stereocenters. The number of rotatable bonds is 11. The number of ether oxygens (including phenoxy) is 2. The Morgan fingerprint density at radius 1 is 0.921 bits per heavy atom. The molecule has 198 valence electrons. The summed E-state index contributed by atoms with van der Waals surface area (Å²) >= 11 is 0. The van der Waals surface area contributed by atoms with Gasteiger partial charge >= 0.3 is 0 Å². The Kier molecular flexibility index (Phi) is 8.29. The maximum Gasteiger partial charge on any atom is 0.220 e. The SMILES string of the molecule is COc1cc(OC)cc(C(CC(=O)NCCN2CCCC2)c2cn(Cc3ccccc3)c3ccccc23)c1. The maximum absolute atomic E-state index is 13.3. The number of nitrogens with one attached hydrogen (secondary N) is 1. The number of amides is 1. The first-order chi connectivity index (χ1) is 18.6. The molecule has 0 spiro atoms. The molecule has 1 atom stereocenters. The molecule has 3 aromatic carbocycles. The summed E-state index contributed by atoms with van der Waals surface area (Å²) in [6, 6.07) is 24.8. The number of carbonyl (C=O) groups is 1. The molecule has 1 amide bonds. The highest BCUT2D eigenvalue weighted by atomic mass is 16.5. The molecule has 1 aliphatic heterocycles. The number of aromatic nitrogens is 1. The van der Waals surface area contributed by atoms with E-state index in [-0.39, 0.29) is 11.8 Å². The summed E-state index contributed by atoms with van der Waals surface area (Å²) in [7, 11) is 3.31. The van der Waals surface area contributed by atoms with Crippen LogP contribution in [0.25, 0.3) is 10.9 Å². The minimum atomic E-state index is -0.160. The zero-order valence-electron chi connectivity index (χ0n) is 22.4. The van der Waals surface area contributed by atoms with Gasteiger partial charge in [-0.25, -0.2) is 0 Å². The van der Waals surface area contributed by atoms with Gasteiger partial charge in [0.05, 0.1) is 14.2 Å². The topological polar surface area (TPSA) is 55.7 Å². The van der Waals surface area contributed by atoms with Crippen LogP contribution in [-0.4, -0.2) is 55.8 Å². The summed E-state index contributed by atoms with van der Waals surface area (Å²) in [4.78, 5) is 15.7. The smallest absolute Gasteiger partial charge is 0.220 e. The number of hydrogen-bond acceptors (Lipinski definition) is 4. The molecule has 6 nitrogen and oxygen atoms in total. The van der Waals surface area contributed by atoms with Crippen LogP contribution in [0.4, 0.5) is 0 Å². The van der Waals surface area contributed by atoms with Gasteiger partial charge in [-0.1, -0.05) is 48.5 Å². The Morgan fingerprint density at radius 2 is 1.61 bits per heavy atom. The van der Waals surface area contributed by atoms with Gasteiger partial charge in [-0.15, -0.1) is 0 Å². The minimum Gasteiger partial charge on any atom is -0.497 e. The van der Waals surface area contributed by atoms with E-state index in [0.717, 1.165) is 48.2 Å². The van der Waals surface area contributed by atoms with Gasteiger partial charge in [0.15, 0.2) is 0 Å². The fourth-order valence-electron chi connectivity index (χ4n) is 5.52. The van der Waals surface area contributed by atoms with Crippen LogP contribution in [0.1, 0.15) is 41.9 Å². The van der Waals surface area contributed by atoms with Crippen molar-refractivity contribution < 1.29 is 14.3 Å². The molecule has 0 saturated carbocycles. The van der Waals surface area contributed by atoms with Crippen molar-refractivity contribution >= 4 is 16.8 Å². The number of benzene rings is 3. The Balaban J connectivity index is 1.49. The van der Waals surface area contributed by atoms with Gasteiger partial charge < -0.3 is 24.3 Å². The predicted octanol–water partition coefficient (Wildman–Crippen LogP) is 5.44. The third kappa shape index (κ3) is 6.03. The number of para-hydroxylation sites is 1. The van der Waals surface area contributed by atoms with Crippen molar-refractivity contribution in [1.82, 2.24) is 14.8 Å². The lowest BCUT2D eigenvalue weighted by Gasteiger charge is -2.20. The molecule has 2 heterocycles. The van der Waals surface area contributed by atoms with Crippen molar-refractivity contribution in [3.63, 3.8) is 0 Å². The average Bonchev–Trinajstić information content (AvgIpc) is 3.60. The highest BCUT2D eigenvalue weighted by Gasteiger charge is 2.24. The number of likely N-dealkylation sites (tertiary alicyclic amines) is 1. The largest absolute Gasteiger partial charge is 0.497 e. The molecule has 1 aromatic heterocycles. The van der Waals surface area contributed by atoms with Crippen molar-refractivity contribution in [3.05, 3.63) is 95.7 Å². The lowest BCUT2D eigenvalue weighted by atomic mass is 9.87. The molecular weight excluding hydrogens is 474 g/mol. The van der Waals surface area contributed by atoms with Gasteiger partial charge in [-0.05, 0) is 60.8 Å². The molecule has 0 radical (unpaired) electrons. The summed E-state index contributed by atoms with van der Waals surface area (Å²) in [5, 5.41) is 4.33. The van der Waals surface area contributed by atoms with Crippen LogP contribution in [0.2, 0.25) is 0 Å². The molecule has 0 aliphatic carbocycles. The molecule has 1 saturated heterocycles. The van der Waals surface area contributed by atoms with Gasteiger partial charge in [0.1, 0.15) is 11.5 Å². The van der Waals surface area contributed by atoms with E-state index in [1.165, 1.54) is 18.4 Å². The van der Waals surface area contributed by atoms with E-state index in [9.17, 15) is 4.79 Å². The van der Waals surface area contributed by atoms with Gasteiger partial charge in [0, 0.05) is 55.1 Å². The molecule has 4 aromatic rings. The van der Waals surface area contributed by atoms with E-state index < -0.39 is 0 Å². The van der Waals surface area contributed by atoms with E-state index in [1.807, 2.05) is 24.3 Å². The predicted molar refractivity (Wildman–Crippen MR) is 152 cm³/mol. The molecular formula is C32H37N3O3. The Bertz CT molecular complexity index is 1340. The Hall–Kier alpha value is -3.77. The lowest BCUT2D eigenvalue weighted by Crippen LogP contribution is -2.34. The summed E-state index contributed by atoms with van der Waals surface area (Å²) < 4.78 is 13.5. The molecule has 6 heteroatoms. The van der Waals surface area contributed by atoms with Gasteiger partial charge in [0.25, 0.3) is 0 Å². The first-order valence-corrected chi connectivity index (χ1v) is 13.5. The van der Waals surface area contributed by atoms with Crippen LogP contribution in [0, 0.1) is 0 Å². The summed E-state index contributed by atoms with van der Waals surface area (Å²) in [6.07, 6.45) is 5.06. The van der Waals surface area contributed by atoms with Gasteiger partial charge in [-0.3, -0.25) is 4.79 Å². The highest BCUT2D eigenvalue weighted by molar-refractivity contribution is 5.87. The summed E-state index contributed by atoms with van der Waals surface area (Å²) in [5.41, 5.74) is 4.51. The summed E-state index contributed by atoms with van der Waals surface area (Å²) in [6.45, 7) is 4.59. The standard InChI is InChI=1S/C32H37N3O3/c1-37-26-18-25(19-27(20-26)38-2)29(21-32(36)33-14-17-34-15-8-9-16-34)30-23-35(22-24-10-4-3-5-11-24)31-13-7-6-12-28(30)31/h3-7,10-13,18-20,23,29H,8-9,14-17,21-22H2,1-2H3,(H,33,36). The summed E-state index contributed by atoms with van der Waals surface area (Å²) in [5.74, 6) is 1.32. The second-order valence-corrected chi connectivity index (χ2v) is 10.0. The maximum atomic E-state index is 13.3. The second-order valence-electron chi connectivity index (χ2n) is 10.0. The molecule has 0 bridgehead atoms. The normalized spacial score (nSPS) is 14.5. The number of hydrogen-bond donors (Lipinski definition) is 1. The fourth-order valence-corrected chi connectivity index (χ4v) is 5.52. The Morgan fingerprint density at radius 3 is 2.32 bits per heavy atom. The molecule has 1 fully saturated rings. The third-order valence-corrected chi connectivity index (χ3v) is 7.51. The van der Waals surface area contributed by atoms with Crippen LogP contribution in [0.3, 0.4) is 0 Å². The minimum absolute atomic E-state index is 0.0517. The fraction of sp³-hybridized carbons (Fsp3) is 0.344. The average molecular weight is 512 g/mol. The highest BCUT2D eigenvalue weighted by Crippen LogP contribution is 2.38. The Labute approximate surface area is 225 Å². The number of nitrogens with zero attached hydrogens (tertiary/aromatic N) is 2. The number of methoxy groups -OCH3 is 2. The van der Waals surface area contributed by atoms with Crippen LogP contribution in [-0.2, 0) is 11.3 Å². The van der Waals surface area contributed by atoms with Crippen molar-refractivity contribution in [2.24, 2.45) is 0 Å². The molecule has 1 aliphatic rings. The number of carbonyl (C=O) groups excluding carboxylic acids is 1. The van der Waals surface area contributed by atoms with E-state index in [2.05, 4.69) is 69.5 Å². The van der Waals surface area contributed by atoms with E-state index >= 15 is 0 Å². The van der Waals surface area contributed by atoms with E-state index in [0.29, 0.717) is 24.5 Å². The molecule has 1 N–H and O–H groups in total. The first kappa shape index (κ1) is 25.9. The van der Waals surface area contributed by atoms with Crippen molar-refractivity contribution in [3.8, 4) is 11.5 Å². The quantitative estimate of drug-likeness (QED) is 0.291. The van der Waals surface area contributed by atoms with Gasteiger partial charge in [-0.2, -0.15) is 0 Å². The van der Waals surface area contributed by atoms with Gasteiger partial charge in [0.2, 0.25) is 5.91 Å². The van der Waals surface area contributed by atoms with Crippen molar-refractivity contribution in [1.29, 1.82) is 0 Å². The second kappa shape index (κ2) is 12.2.